The van der Waals surface area contributed by atoms with Crippen molar-refractivity contribution in [3.8, 4) is 0 Å². The van der Waals surface area contributed by atoms with Gasteiger partial charge in [0.05, 0.1) is 6.54 Å². The summed E-state index contributed by atoms with van der Waals surface area (Å²) in [6.45, 7) is 3.17. The number of nitrogens with zero attached hydrogens (tertiary/aromatic N) is 1. The second kappa shape index (κ2) is 3.49. The van der Waals surface area contributed by atoms with Crippen molar-refractivity contribution < 1.29 is 14.7 Å². The van der Waals surface area contributed by atoms with Gasteiger partial charge >= 0.3 is 12.1 Å². The fraction of sp³-hybridized carbons (Fsp3) is 0.200. The molecular weight excluding hydrogens is 136 g/mol. The lowest BCUT2D eigenvalue weighted by Gasteiger charge is -2.10. The van der Waals surface area contributed by atoms with Crippen LogP contribution >= 0.6 is 0 Å². The second-order valence-corrected chi connectivity index (χ2v) is 1.52. The summed E-state index contributed by atoms with van der Waals surface area (Å²) in [5.74, 6) is 0. The van der Waals surface area contributed by atoms with E-state index in [1.165, 1.54) is 6.08 Å². The molecule has 0 fully saturated rings. The molecule has 3 amide bonds. The van der Waals surface area contributed by atoms with Crippen LogP contribution in [0.25, 0.3) is 0 Å². The molecule has 0 heterocycles. The van der Waals surface area contributed by atoms with Crippen LogP contribution in [0.2, 0.25) is 0 Å². The van der Waals surface area contributed by atoms with Crippen LogP contribution in [-0.2, 0) is 0 Å². The van der Waals surface area contributed by atoms with Crippen LogP contribution in [0.15, 0.2) is 12.7 Å². The quantitative estimate of drug-likeness (QED) is 0.544. The fourth-order valence-electron chi connectivity index (χ4n) is 0.391. The summed E-state index contributed by atoms with van der Waals surface area (Å²) in [7, 11) is 0. The average molecular weight is 144 g/mol. The fourth-order valence-corrected chi connectivity index (χ4v) is 0.391. The van der Waals surface area contributed by atoms with Crippen molar-refractivity contribution in [3.05, 3.63) is 12.7 Å². The van der Waals surface area contributed by atoms with Crippen LogP contribution in [0.4, 0.5) is 9.59 Å². The Hall–Kier alpha value is -1.52. The third kappa shape index (κ3) is 2.17. The van der Waals surface area contributed by atoms with E-state index in [9.17, 15) is 9.59 Å². The molecule has 0 aromatic carbocycles. The van der Waals surface area contributed by atoms with Crippen LogP contribution in [0.1, 0.15) is 0 Å². The first-order chi connectivity index (χ1) is 4.59. The Morgan fingerprint density at radius 3 is 2.30 bits per heavy atom. The molecule has 5 heteroatoms. The van der Waals surface area contributed by atoms with E-state index in [1.54, 1.807) is 0 Å². The number of hydrogen-bond donors (Lipinski definition) is 2. The predicted molar refractivity (Wildman–Crippen MR) is 34.5 cm³/mol. The largest absolute Gasteiger partial charge is 0.465 e. The Morgan fingerprint density at radius 2 is 2.20 bits per heavy atom. The molecule has 0 unspecified atom stereocenters. The first-order valence-electron chi connectivity index (χ1n) is 2.50. The standard InChI is InChI=1S/C5H8N2O3/c1-2-3-7(4(6)8)5(9)10/h2H,1,3H2,(H2,6,8)(H,9,10). The topological polar surface area (TPSA) is 83.6 Å². The summed E-state index contributed by atoms with van der Waals surface area (Å²) in [6.07, 6.45) is -0.0915. The number of urea groups is 1. The van der Waals surface area contributed by atoms with Gasteiger partial charge in [-0.2, -0.15) is 0 Å². The maximum Gasteiger partial charge on any atom is 0.415 e. The molecule has 0 rings (SSSR count). The van der Waals surface area contributed by atoms with E-state index < -0.39 is 12.1 Å². The lowest BCUT2D eigenvalue weighted by molar-refractivity contribution is 0.155. The molecule has 0 radical (unpaired) electrons. The van der Waals surface area contributed by atoms with Gasteiger partial charge in [0.15, 0.2) is 0 Å². The highest BCUT2D eigenvalue weighted by Gasteiger charge is 2.14. The van der Waals surface area contributed by atoms with Crippen molar-refractivity contribution in [2.24, 2.45) is 5.73 Å². The number of rotatable bonds is 2. The van der Waals surface area contributed by atoms with Gasteiger partial charge in [-0.1, -0.05) is 6.08 Å². The van der Waals surface area contributed by atoms with Crippen molar-refractivity contribution in [2.45, 2.75) is 0 Å². The van der Waals surface area contributed by atoms with E-state index in [2.05, 4.69) is 12.3 Å². The highest BCUT2D eigenvalue weighted by Crippen LogP contribution is 1.87. The number of amides is 3. The Kier molecular flexibility index (Phi) is 2.96. The average Bonchev–Trinajstić information content (AvgIpc) is 1.81. The molecular formula is C5H8N2O3. The molecule has 5 nitrogen and oxygen atoms in total. The van der Waals surface area contributed by atoms with E-state index in [1.807, 2.05) is 0 Å². The summed E-state index contributed by atoms with van der Waals surface area (Å²) in [5, 5.41) is 8.25. The smallest absolute Gasteiger partial charge is 0.415 e. The van der Waals surface area contributed by atoms with E-state index in [0.29, 0.717) is 4.90 Å². The van der Waals surface area contributed by atoms with E-state index in [0.717, 1.165) is 0 Å². The van der Waals surface area contributed by atoms with Gasteiger partial charge in [0, 0.05) is 0 Å². The summed E-state index contributed by atoms with van der Waals surface area (Å²) in [5.41, 5.74) is 4.68. The Labute approximate surface area is 57.7 Å². The van der Waals surface area contributed by atoms with Crippen LogP contribution < -0.4 is 5.73 Å². The number of imide groups is 1. The molecule has 0 aromatic heterocycles. The van der Waals surface area contributed by atoms with Gasteiger partial charge < -0.3 is 10.8 Å². The number of primary amides is 1. The maximum absolute atomic E-state index is 10.3. The van der Waals surface area contributed by atoms with E-state index >= 15 is 0 Å². The third-order valence-corrected chi connectivity index (χ3v) is 0.809. The first-order valence-corrected chi connectivity index (χ1v) is 2.50. The van der Waals surface area contributed by atoms with Gasteiger partial charge in [-0.05, 0) is 0 Å². The molecule has 0 aromatic rings. The zero-order valence-corrected chi connectivity index (χ0v) is 5.28. The number of carbonyl (C=O) groups excluding carboxylic acids is 1. The Morgan fingerprint density at radius 1 is 1.70 bits per heavy atom. The lowest BCUT2D eigenvalue weighted by atomic mass is 10.5. The van der Waals surface area contributed by atoms with Gasteiger partial charge in [0.1, 0.15) is 0 Å². The number of hydrogen-bond acceptors (Lipinski definition) is 2. The van der Waals surface area contributed by atoms with Crippen molar-refractivity contribution in [1.29, 1.82) is 0 Å². The zero-order chi connectivity index (χ0) is 8.15. The molecule has 10 heavy (non-hydrogen) atoms. The Balaban J connectivity index is 4.11. The normalized spacial score (nSPS) is 8.40. The zero-order valence-electron chi connectivity index (χ0n) is 5.28. The molecule has 0 spiro atoms. The molecule has 0 bridgehead atoms. The summed E-state index contributed by atoms with van der Waals surface area (Å²) >= 11 is 0. The molecule has 0 aliphatic carbocycles. The highest BCUT2D eigenvalue weighted by molar-refractivity contribution is 5.89. The number of nitrogens with two attached hydrogens (primary N) is 1. The van der Waals surface area contributed by atoms with Crippen LogP contribution in [0.3, 0.4) is 0 Å². The first kappa shape index (κ1) is 8.48. The highest BCUT2D eigenvalue weighted by atomic mass is 16.4. The van der Waals surface area contributed by atoms with Crippen LogP contribution in [0.5, 0.6) is 0 Å². The van der Waals surface area contributed by atoms with Crippen molar-refractivity contribution in [2.75, 3.05) is 6.54 Å². The minimum atomic E-state index is -1.37. The predicted octanol–water partition coefficient (Wildman–Crippen LogP) is 0.231. The van der Waals surface area contributed by atoms with Crippen molar-refractivity contribution >= 4 is 12.1 Å². The molecule has 0 aliphatic rings. The molecule has 0 aliphatic heterocycles. The molecule has 0 saturated carbocycles. The summed E-state index contributed by atoms with van der Waals surface area (Å²) in [4.78, 5) is 20.8. The van der Waals surface area contributed by atoms with E-state index in [4.69, 9.17) is 5.11 Å². The molecule has 3 N–H and O–H groups in total. The number of carboxylic acid groups (broad SMARTS) is 1. The van der Waals surface area contributed by atoms with E-state index in [-0.39, 0.29) is 6.54 Å². The monoisotopic (exact) mass is 144 g/mol. The number of carbonyl (C=O) groups is 2. The SMILES string of the molecule is C=CCN(C(N)=O)C(=O)O. The van der Waals surface area contributed by atoms with Gasteiger partial charge in [-0.3, -0.25) is 0 Å². The lowest BCUT2D eigenvalue weighted by Crippen LogP contribution is -2.39. The summed E-state index contributed by atoms with van der Waals surface area (Å²) in [6, 6.07) is -0.993. The van der Waals surface area contributed by atoms with Crippen LogP contribution in [-0.4, -0.2) is 28.7 Å². The molecule has 0 atom stereocenters. The van der Waals surface area contributed by atoms with Gasteiger partial charge in [-0.15, -0.1) is 6.58 Å². The van der Waals surface area contributed by atoms with Gasteiger partial charge in [0.25, 0.3) is 0 Å². The summed E-state index contributed by atoms with van der Waals surface area (Å²) < 4.78 is 0. The third-order valence-electron chi connectivity index (χ3n) is 0.809. The van der Waals surface area contributed by atoms with Crippen LogP contribution in [0, 0.1) is 0 Å². The minimum Gasteiger partial charge on any atom is -0.465 e. The van der Waals surface area contributed by atoms with Crippen molar-refractivity contribution in [3.63, 3.8) is 0 Å². The minimum absolute atomic E-state index is 0.0787. The van der Waals surface area contributed by atoms with Gasteiger partial charge in [-0.25, -0.2) is 14.5 Å². The maximum atomic E-state index is 10.3. The Bertz CT molecular complexity index is 152. The molecule has 56 valence electrons. The van der Waals surface area contributed by atoms with Gasteiger partial charge in [0.2, 0.25) is 0 Å². The van der Waals surface area contributed by atoms with Crippen molar-refractivity contribution in [1.82, 2.24) is 4.90 Å². The molecule has 0 saturated heterocycles. The second-order valence-electron chi connectivity index (χ2n) is 1.52.